The van der Waals surface area contributed by atoms with Crippen molar-refractivity contribution in [1.82, 2.24) is 4.90 Å². The fraction of sp³-hybridized carbons (Fsp3) is 0.444. The highest BCUT2D eigenvalue weighted by atomic mass is 35.5. The number of hydrogen-bond acceptors (Lipinski definition) is 7. The minimum Gasteiger partial charge on any atom is -0.489 e. The molecule has 9 heteroatoms. The van der Waals surface area contributed by atoms with Gasteiger partial charge in [0, 0.05) is 19.5 Å². The largest absolute Gasteiger partial charge is 0.489 e. The molecule has 0 saturated heterocycles. The molecular weight excluding hydrogens is 374 g/mol. The van der Waals surface area contributed by atoms with Crippen molar-refractivity contribution >= 4 is 23.5 Å². The average molecular weight is 392 g/mol. The molecule has 142 valence electrons. The van der Waals surface area contributed by atoms with Crippen LogP contribution in [0.4, 0.5) is 0 Å². The van der Waals surface area contributed by atoms with Crippen LogP contribution in [0.15, 0.2) is 12.1 Å². The monoisotopic (exact) mass is 391 g/mol. The Bertz CT molecular complexity index is 766. The second kappa shape index (κ2) is 10.2. The van der Waals surface area contributed by atoms with Gasteiger partial charge < -0.3 is 19.1 Å². The lowest BCUT2D eigenvalue weighted by atomic mass is 10.2. The Balaban J connectivity index is 2.01. The van der Waals surface area contributed by atoms with Crippen molar-refractivity contribution in [1.29, 1.82) is 10.5 Å². The van der Waals surface area contributed by atoms with Crippen molar-refractivity contribution in [2.45, 2.75) is 19.3 Å². The lowest BCUT2D eigenvalue weighted by Crippen LogP contribution is -2.36. The third-order valence-electron chi connectivity index (χ3n) is 3.70. The summed E-state index contributed by atoms with van der Waals surface area (Å²) in [6.45, 7) is 0.746. The highest BCUT2D eigenvalue weighted by Crippen LogP contribution is 2.38. The molecule has 0 unspecified atom stereocenters. The molecule has 0 N–H and O–H groups in total. The van der Waals surface area contributed by atoms with Crippen LogP contribution in [-0.2, 0) is 9.53 Å². The molecule has 0 radical (unpaired) electrons. The van der Waals surface area contributed by atoms with Crippen LogP contribution in [0, 0.1) is 22.7 Å². The summed E-state index contributed by atoms with van der Waals surface area (Å²) in [4.78, 5) is 25.8. The molecule has 2 rings (SSSR count). The van der Waals surface area contributed by atoms with E-state index in [-0.39, 0.29) is 36.5 Å². The number of carbonyl (C=O) groups excluding carboxylic acids is 2. The normalized spacial score (nSPS) is 12.3. The predicted octanol–water partition coefficient (Wildman–Crippen LogP) is 2.31. The number of fused-ring (bicyclic) bond motifs is 1. The highest BCUT2D eigenvalue weighted by molar-refractivity contribution is 6.32. The van der Waals surface area contributed by atoms with E-state index in [2.05, 4.69) is 0 Å². The molecule has 0 aromatic heterocycles. The van der Waals surface area contributed by atoms with Gasteiger partial charge in [-0.2, -0.15) is 10.5 Å². The molecule has 27 heavy (non-hydrogen) atoms. The zero-order valence-electron chi connectivity index (χ0n) is 14.6. The van der Waals surface area contributed by atoms with Crippen molar-refractivity contribution in [2.75, 3.05) is 32.9 Å². The highest BCUT2D eigenvalue weighted by Gasteiger charge is 2.21. The van der Waals surface area contributed by atoms with E-state index in [1.165, 1.54) is 17.0 Å². The smallest absolute Gasteiger partial charge is 0.338 e. The maximum Gasteiger partial charge on any atom is 0.338 e. The van der Waals surface area contributed by atoms with Crippen LogP contribution < -0.4 is 9.47 Å². The number of hydrogen-bond donors (Lipinski definition) is 0. The van der Waals surface area contributed by atoms with Gasteiger partial charge in [-0.1, -0.05) is 11.6 Å². The van der Waals surface area contributed by atoms with E-state index < -0.39 is 18.5 Å². The Labute approximate surface area is 161 Å². The average Bonchev–Trinajstić information content (AvgIpc) is 2.91. The lowest BCUT2D eigenvalue weighted by Gasteiger charge is -2.20. The van der Waals surface area contributed by atoms with Crippen LogP contribution in [0.2, 0.25) is 5.02 Å². The van der Waals surface area contributed by atoms with Gasteiger partial charge in [-0.15, -0.1) is 0 Å². The second-order valence-corrected chi connectivity index (χ2v) is 6.02. The fourth-order valence-corrected chi connectivity index (χ4v) is 2.65. The SMILES string of the molecule is N#CCCN(CCC#N)C(=O)COC(=O)c1cc(Cl)c2c(c1)OCCCO2. The first kappa shape index (κ1) is 20.3. The first-order chi connectivity index (χ1) is 13.1. The minimum atomic E-state index is -0.735. The topological polar surface area (TPSA) is 113 Å². The molecule has 1 heterocycles. The van der Waals surface area contributed by atoms with Crippen molar-refractivity contribution in [3.63, 3.8) is 0 Å². The van der Waals surface area contributed by atoms with Gasteiger partial charge >= 0.3 is 5.97 Å². The Kier molecular flexibility index (Phi) is 7.72. The van der Waals surface area contributed by atoms with Crippen LogP contribution >= 0.6 is 11.6 Å². The number of nitrogens with zero attached hydrogens (tertiary/aromatic N) is 3. The van der Waals surface area contributed by atoms with Gasteiger partial charge in [-0.25, -0.2) is 4.79 Å². The third kappa shape index (κ3) is 5.77. The number of ether oxygens (including phenoxy) is 3. The molecule has 0 spiro atoms. The Morgan fingerprint density at radius 2 is 1.81 bits per heavy atom. The number of carbonyl (C=O) groups is 2. The fourth-order valence-electron chi connectivity index (χ4n) is 2.38. The summed E-state index contributed by atoms with van der Waals surface area (Å²) in [7, 11) is 0. The van der Waals surface area contributed by atoms with Crippen molar-refractivity contribution in [3.05, 3.63) is 22.7 Å². The molecule has 0 fully saturated rings. The van der Waals surface area contributed by atoms with Gasteiger partial charge in [0.05, 0.1) is 48.8 Å². The molecule has 1 aromatic carbocycles. The molecule has 0 atom stereocenters. The van der Waals surface area contributed by atoms with Gasteiger partial charge in [-0.05, 0) is 12.1 Å². The van der Waals surface area contributed by atoms with Gasteiger partial charge in [0.2, 0.25) is 0 Å². The summed E-state index contributed by atoms with van der Waals surface area (Å²) in [5.74, 6) is -0.486. The zero-order valence-corrected chi connectivity index (χ0v) is 15.3. The Morgan fingerprint density at radius 3 is 2.48 bits per heavy atom. The number of amides is 1. The number of esters is 1. The van der Waals surface area contributed by atoms with Gasteiger partial charge in [0.1, 0.15) is 0 Å². The number of nitriles is 2. The Hall–Kier alpha value is -2.97. The molecule has 8 nitrogen and oxygen atoms in total. The molecule has 0 saturated carbocycles. The number of halogens is 1. The van der Waals surface area contributed by atoms with Crippen LogP contribution in [-0.4, -0.2) is 49.7 Å². The molecular formula is C18H18ClN3O5. The standard InChI is InChI=1S/C18H18ClN3O5/c19-14-10-13(11-15-17(14)26-9-3-8-25-15)18(24)27-12-16(23)22(6-1-4-20)7-2-5-21/h10-11H,1-3,6-9,12H2. The van der Waals surface area contributed by atoms with E-state index in [4.69, 9.17) is 36.3 Å². The van der Waals surface area contributed by atoms with Crippen molar-refractivity contribution in [2.24, 2.45) is 0 Å². The Morgan fingerprint density at radius 1 is 1.15 bits per heavy atom. The van der Waals surface area contributed by atoms with E-state index in [1.54, 1.807) is 0 Å². The van der Waals surface area contributed by atoms with Crippen molar-refractivity contribution in [3.8, 4) is 23.6 Å². The summed E-state index contributed by atoms with van der Waals surface area (Å²) in [5.41, 5.74) is 0.137. The summed E-state index contributed by atoms with van der Waals surface area (Å²) in [6.07, 6.45) is 0.951. The summed E-state index contributed by atoms with van der Waals surface area (Å²) in [5, 5.41) is 17.5. The van der Waals surface area contributed by atoms with E-state index in [1.807, 2.05) is 12.1 Å². The van der Waals surface area contributed by atoms with Crippen molar-refractivity contribution < 1.29 is 23.8 Å². The van der Waals surface area contributed by atoms with E-state index in [0.29, 0.717) is 31.1 Å². The van der Waals surface area contributed by atoms with Gasteiger partial charge in [0.25, 0.3) is 5.91 Å². The first-order valence-corrected chi connectivity index (χ1v) is 8.72. The molecule has 1 amide bonds. The number of benzene rings is 1. The quantitative estimate of drug-likeness (QED) is 0.655. The van der Waals surface area contributed by atoms with Gasteiger partial charge in [0.15, 0.2) is 18.1 Å². The molecule has 1 aliphatic rings. The summed E-state index contributed by atoms with van der Waals surface area (Å²) in [6, 6.07) is 6.73. The molecule has 0 aliphatic carbocycles. The van der Waals surface area contributed by atoms with Crippen LogP contribution in [0.1, 0.15) is 29.6 Å². The zero-order chi connectivity index (χ0) is 19.6. The molecule has 1 aliphatic heterocycles. The van der Waals surface area contributed by atoms with E-state index in [0.717, 1.165) is 0 Å². The minimum absolute atomic E-state index is 0.128. The van der Waals surface area contributed by atoms with Crippen LogP contribution in [0.5, 0.6) is 11.5 Å². The van der Waals surface area contributed by atoms with Crippen LogP contribution in [0.25, 0.3) is 0 Å². The second-order valence-electron chi connectivity index (χ2n) is 5.61. The maximum atomic E-state index is 12.3. The van der Waals surface area contributed by atoms with E-state index >= 15 is 0 Å². The van der Waals surface area contributed by atoms with Crippen LogP contribution in [0.3, 0.4) is 0 Å². The maximum absolute atomic E-state index is 12.3. The van der Waals surface area contributed by atoms with E-state index in [9.17, 15) is 9.59 Å². The first-order valence-electron chi connectivity index (χ1n) is 8.34. The predicted molar refractivity (Wildman–Crippen MR) is 94.4 cm³/mol. The molecule has 1 aromatic rings. The summed E-state index contributed by atoms with van der Waals surface area (Å²) < 4.78 is 16.1. The molecule has 0 bridgehead atoms. The van der Waals surface area contributed by atoms with Gasteiger partial charge in [-0.3, -0.25) is 4.79 Å². The summed E-state index contributed by atoms with van der Waals surface area (Å²) >= 11 is 6.14. The third-order valence-corrected chi connectivity index (χ3v) is 3.99. The lowest BCUT2D eigenvalue weighted by molar-refractivity contribution is -0.134. The number of rotatable bonds is 7.